The molecule has 1 atom stereocenters. The second kappa shape index (κ2) is 3.82. The van der Waals surface area contributed by atoms with Crippen molar-refractivity contribution in [2.45, 2.75) is 5.44 Å². The molecule has 0 saturated carbocycles. The zero-order valence-corrected chi connectivity index (χ0v) is 8.92. The van der Waals surface area contributed by atoms with Crippen molar-refractivity contribution in [1.29, 1.82) is 0 Å². The van der Waals surface area contributed by atoms with E-state index in [0.29, 0.717) is 10.9 Å². The van der Waals surface area contributed by atoms with E-state index in [0.717, 1.165) is 0 Å². The molecule has 0 radical (unpaired) electrons. The molecule has 5 nitrogen and oxygen atoms in total. The van der Waals surface area contributed by atoms with Crippen LogP contribution >= 0.6 is 0 Å². The maximum atomic E-state index is 10.8. The third kappa shape index (κ3) is 2.04. The van der Waals surface area contributed by atoms with E-state index in [1.165, 1.54) is 12.1 Å². The molecule has 0 aliphatic heterocycles. The summed E-state index contributed by atoms with van der Waals surface area (Å²) in [5.41, 5.74) is -1.12. The standard InChI is InChI=1S/C10H9NO4S/c12-10(16(13,14)15)8-3-4-9-7(6-8)2-1-5-11-9/h1-6,10,12H,(H,13,14,15). The van der Waals surface area contributed by atoms with Crippen molar-refractivity contribution < 1.29 is 18.1 Å². The lowest BCUT2D eigenvalue weighted by atomic mass is 10.1. The molecule has 1 unspecified atom stereocenters. The first-order valence-corrected chi connectivity index (χ1v) is 5.98. The maximum absolute atomic E-state index is 10.8. The normalized spacial score (nSPS) is 13.9. The van der Waals surface area contributed by atoms with Crippen molar-refractivity contribution in [3.05, 3.63) is 42.1 Å². The van der Waals surface area contributed by atoms with Gasteiger partial charge in [-0.2, -0.15) is 8.42 Å². The van der Waals surface area contributed by atoms with Gasteiger partial charge in [0.1, 0.15) is 0 Å². The molecule has 1 heterocycles. The molecule has 2 aromatic rings. The zero-order chi connectivity index (χ0) is 11.8. The first kappa shape index (κ1) is 11.0. The van der Waals surface area contributed by atoms with E-state index in [2.05, 4.69) is 4.98 Å². The molecule has 0 aliphatic carbocycles. The molecule has 0 aliphatic rings. The minimum Gasteiger partial charge on any atom is -0.371 e. The van der Waals surface area contributed by atoms with E-state index in [4.69, 9.17) is 4.55 Å². The van der Waals surface area contributed by atoms with E-state index >= 15 is 0 Å². The van der Waals surface area contributed by atoms with Crippen molar-refractivity contribution in [3.63, 3.8) is 0 Å². The van der Waals surface area contributed by atoms with Gasteiger partial charge in [0.25, 0.3) is 10.1 Å². The molecule has 0 spiro atoms. The lowest BCUT2D eigenvalue weighted by Crippen LogP contribution is -2.11. The number of nitrogens with zero attached hydrogens (tertiary/aromatic N) is 1. The summed E-state index contributed by atoms with van der Waals surface area (Å²) in [6.45, 7) is 0. The predicted molar refractivity (Wildman–Crippen MR) is 58.3 cm³/mol. The largest absolute Gasteiger partial charge is 0.371 e. The summed E-state index contributed by atoms with van der Waals surface area (Å²) in [6, 6.07) is 7.90. The van der Waals surface area contributed by atoms with E-state index in [-0.39, 0.29) is 5.56 Å². The van der Waals surface area contributed by atoms with Crippen LogP contribution in [0.25, 0.3) is 10.9 Å². The van der Waals surface area contributed by atoms with Gasteiger partial charge in [0.2, 0.25) is 5.44 Å². The molecular formula is C10H9NO4S. The summed E-state index contributed by atoms with van der Waals surface area (Å²) in [6.07, 6.45) is 1.61. The molecule has 16 heavy (non-hydrogen) atoms. The number of aliphatic hydroxyl groups is 1. The lowest BCUT2D eigenvalue weighted by Gasteiger charge is -2.08. The van der Waals surface area contributed by atoms with Crippen LogP contribution in [0.15, 0.2) is 36.5 Å². The Bertz CT molecular complexity index is 624. The lowest BCUT2D eigenvalue weighted by molar-refractivity contribution is 0.238. The molecule has 2 rings (SSSR count). The van der Waals surface area contributed by atoms with E-state index in [1.54, 1.807) is 24.4 Å². The molecule has 6 heteroatoms. The number of aromatic nitrogens is 1. The Morgan fingerprint density at radius 2 is 2.00 bits per heavy atom. The van der Waals surface area contributed by atoms with Gasteiger partial charge in [0.15, 0.2) is 0 Å². The molecule has 84 valence electrons. The van der Waals surface area contributed by atoms with Gasteiger partial charge in [-0.05, 0) is 23.8 Å². The summed E-state index contributed by atoms with van der Waals surface area (Å²) in [5.74, 6) is 0. The number of pyridine rings is 1. The van der Waals surface area contributed by atoms with Gasteiger partial charge >= 0.3 is 0 Å². The fraction of sp³-hybridized carbons (Fsp3) is 0.100. The minimum atomic E-state index is -4.49. The Balaban J connectivity index is 2.55. The second-order valence-electron chi connectivity index (χ2n) is 3.32. The Labute approximate surface area is 92.1 Å². The third-order valence-corrected chi connectivity index (χ3v) is 3.03. The average molecular weight is 239 g/mol. The maximum Gasteiger partial charge on any atom is 0.296 e. The number of hydrogen-bond donors (Lipinski definition) is 2. The van der Waals surface area contributed by atoms with Gasteiger partial charge in [0, 0.05) is 11.6 Å². The van der Waals surface area contributed by atoms with Crippen LogP contribution in [0.2, 0.25) is 0 Å². The number of fused-ring (bicyclic) bond motifs is 1. The smallest absolute Gasteiger partial charge is 0.296 e. The van der Waals surface area contributed by atoms with Crippen LogP contribution in [0.3, 0.4) is 0 Å². The quantitative estimate of drug-likeness (QED) is 0.766. The summed E-state index contributed by atoms with van der Waals surface area (Å²) >= 11 is 0. The Kier molecular flexibility index (Phi) is 2.63. The second-order valence-corrected chi connectivity index (χ2v) is 4.80. The van der Waals surface area contributed by atoms with Crippen molar-refractivity contribution in [1.82, 2.24) is 4.98 Å². The van der Waals surface area contributed by atoms with Crippen LogP contribution in [0.5, 0.6) is 0 Å². The SMILES string of the molecule is O=S(=O)(O)C(O)c1ccc2ncccc2c1. The summed E-state index contributed by atoms with van der Waals surface area (Å²) in [5, 5.41) is 10.1. The molecule has 1 aromatic carbocycles. The predicted octanol–water partition coefficient (Wildman–Crippen LogP) is 1.11. The van der Waals surface area contributed by atoms with Gasteiger partial charge in [-0.1, -0.05) is 12.1 Å². The molecule has 0 saturated heterocycles. The molecule has 0 amide bonds. The van der Waals surface area contributed by atoms with Crippen LogP contribution in [-0.4, -0.2) is 23.1 Å². The highest BCUT2D eigenvalue weighted by atomic mass is 32.2. The number of benzene rings is 1. The molecule has 0 fully saturated rings. The van der Waals surface area contributed by atoms with Crippen LogP contribution < -0.4 is 0 Å². The summed E-state index contributed by atoms with van der Waals surface area (Å²) in [7, 11) is -4.49. The average Bonchev–Trinajstić information content (AvgIpc) is 2.26. The highest BCUT2D eigenvalue weighted by molar-refractivity contribution is 7.85. The van der Waals surface area contributed by atoms with Gasteiger partial charge in [-0.15, -0.1) is 0 Å². The minimum absolute atomic E-state index is 0.114. The Morgan fingerprint density at radius 1 is 1.25 bits per heavy atom. The van der Waals surface area contributed by atoms with Crippen LogP contribution in [0.1, 0.15) is 11.0 Å². The van der Waals surface area contributed by atoms with Crippen molar-refractivity contribution in [2.24, 2.45) is 0 Å². The fourth-order valence-corrected chi connectivity index (χ4v) is 1.91. The molecular weight excluding hydrogens is 230 g/mol. The van der Waals surface area contributed by atoms with Gasteiger partial charge in [0.05, 0.1) is 5.52 Å². The molecule has 2 N–H and O–H groups in total. The monoisotopic (exact) mass is 239 g/mol. The molecule has 0 bridgehead atoms. The van der Waals surface area contributed by atoms with Crippen molar-refractivity contribution in [3.8, 4) is 0 Å². The topological polar surface area (TPSA) is 87.5 Å². The first-order valence-electron chi connectivity index (χ1n) is 4.47. The highest BCUT2D eigenvalue weighted by Gasteiger charge is 2.21. The third-order valence-electron chi connectivity index (χ3n) is 2.19. The highest BCUT2D eigenvalue weighted by Crippen LogP contribution is 2.22. The fourth-order valence-electron chi connectivity index (χ4n) is 1.42. The number of rotatable bonds is 2. The van der Waals surface area contributed by atoms with E-state index in [1.807, 2.05) is 0 Å². The number of aliphatic hydroxyl groups excluding tert-OH is 1. The van der Waals surface area contributed by atoms with Crippen LogP contribution in [-0.2, 0) is 10.1 Å². The van der Waals surface area contributed by atoms with Crippen molar-refractivity contribution >= 4 is 21.0 Å². The Hall–Kier alpha value is -1.50. The summed E-state index contributed by atoms with van der Waals surface area (Å²) in [4.78, 5) is 4.05. The van der Waals surface area contributed by atoms with E-state index < -0.39 is 15.6 Å². The number of hydrogen-bond acceptors (Lipinski definition) is 4. The van der Waals surface area contributed by atoms with Crippen LogP contribution in [0, 0.1) is 0 Å². The van der Waals surface area contributed by atoms with Gasteiger partial charge < -0.3 is 5.11 Å². The zero-order valence-electron chi connectivity index (χ0n) is 8.11. The van der Waals surface area contributed by atoms with E-state index in [9.17, 15) is 13.5 Å². The van der Waals surface area contributed by atoms with Crippen molar-refractivity contribution in [2.75, 3.05) is 0 Å². The molecule has 1 aromatic heterocycles. The first-order chi connectivity index (χ1) is 7.48. The van der Waals surface area contributed by atoms with Gasteiger partial charge in [-0.3, -0.25) is 9.54 Å². The summed E-state index contributed by atoms with van der Waals surface area (Å²) < 4.78 is 30.2. The Morgan fingerprint density at radius 3 is 2.69 bits per heavy atom. The van der Waals surface area contributed by atoms with Crippen LogP contribution in [0.4, 0.5) is 0 Å². The van der Waals surface area contributed by atoms with Gasteiger partial charge in [-0.25, -0.2) is 0 Å².